The van der Waals surface area contributed by atoms with E-state index < -0.39 is 0 Å². The first-order chi connectivity index (χ1) is 7.34. The second-order valence-electron chi connectivity index (χ2n) is 3.05. The lowest BCUT2D eigenvalue weighted by Crippen LogP contribution is -2.14. The molecule has 2 rings (SSSR count). The molecule has 76 valence electrons. The van der Waals surface area contributed by atoms with Gasteiger partial charge in [-0.1, -0.05) is 30.3 Å². The van der Waals surface area contributed by atoms with Gasteiger partial charge in [-0.15, -0.1) is 0 Å². The molecular weight excluding hydrogens is 192 g/mol. The maximum Gasteiger partial charge on any atom is 0.301 e. The SMILES string of the molecule is O=C(Cc1ccccc1)Nc1ncco1. The average molecular weight is 202 g/mol. The molecule has 0 aliphatic carbocycles. The van der Waals surface area contributed by atoms with Crippen LogP contribution in [0.2, 0.25) is 0 Å². The number of oxazole rings is 1. The van der Waals surface area contributed by atoms with E-state index in [1.165, 1.54) is 12.5 Å². The first-order valence-corrected chi connectivity index (χ1v) is 4.58. The first kappa shape index (κ1) is 9.45. The lowest BCUT2D eigenvalue weighted by molar-refractivity contribution is -0.115. The number of amides is 1. The minimum absolute atomic E-state index is 0.136. The van der Waals surface area contributed by atoms with Gasteiger partial charge >= 0.3 is 6.01 Å². The zero-order chi connectivity index (χ0) is 10.5. The summed E-state index contributed by atoms with van der Waals surface area (Å²) in [5.41, 5.74) is 0.960. The van der Waals surface area contributed by atoms with Crippen molar-refractivity contribution in [1.82, 2.24) is 4.98 Å². The first-order valence-electron chi connectivity index (χ1n) is 4.58. The monoisotopic (exact) mass is 202 g/mol. The van der Waals surface area contributed by atoms with E-state index in [-0.39, 0.29) is 11.9 Å². The summed E-state index contributed by atoms with van der Waals surface area (Å²) in [6, 6.07) is 9.73. The van der Waals surface area contributed by atoms with E-state index in [0.29, 0.717) is 6.42 Å². The van der Waals surface area contributed by atoms with Crippen molar-refractivity contribution in [2.24, 2.45) is 0 Å². The summed E-state index contributed by atoms with van der Waals surface area (Å²) < 4.78 is 4.90. The number of aromatic nitrogens is 1. The molecule has 0 atom stereocenters. The van der Waals surface area contributed by atoms with Crippen molar-refractivity contribution < 1.29 is 9.21 Å². The molecule has 1 heterocycles. The van der Waals surface area contributed by atoms with Crippen LogP contribution in [0, 0.1) is 0 Å². The highest BCUT2D eigenvalue weighted by molar-refractivity contribution is 5.90. The molecule has 0 fully saturated rings. The van der Waals surface area contributed by atoms with Crippen LogP contribution in [0.1, 0.15) is 5.56 Å². The summed E-state index contributed by atoms with van der Waals surface area (Å²) in [5, 5.41) is 2.55. The van der Waals surface area contributed by atoms with Crippen LogP contribution in [0.3, 0.4) is 0 Å². The fourth-order valence-electron chi connectivity index (χ4n) is 1.23. The molecule has 0 saturated heterocycles. The molecule has 0 bridgehead atoms. The van der Waals surface area contributed by atoms with Gasteiger partial charge in [0.2, 0.25) is 5.91 Å². The van der Waals surface area contributed by atoms with E-state index in [0.717, 1.165) is 5.56 Å². The lowest BCUT2D eigenvalue weighted by atomic mass is 10.1. The number of nitrogens with one attached hydrogen (secondary N) is 1. The zero-order valence-electron chi connectivity index (χ0n) is 8.01. The van der Waals surface area contributed by atoms with Crippen molar-refractivity contribution >= 4 is 11.9 Å². The van der Waals surface area contributed by atoms with Gasteiger partial charge < -0.3 is 4.42 Å². The molecular formula is C11H10N2O2. The van der Waals surface area contributed by atoms with Gasteiger partial charge in [0.25, 0.3) is 0 Å². The molecule has 0 aliphatic rings. The van der Waals surface area contributed by atoms with E-state index >= 15 is 0 Å². The van der Waals surface area contributed by atoms with Crippen molar-refractivity contribution in [3.8, 4) is 0 Å². The van der Waals surface area contributed by atoms with E-state index in [2.05, 4.69) is 10.3 Å². The van der Waals surface area contributed by atoms with Gasteiger partial charge in [-0.2, -0.15) is 0 Å². The second-order valence-corrected chi connectivity index (χ2v) is 3.05. The third kappa shape index (κ3) is 2.67. The Morgan fingerprint density at radius 3 is 2.80 bits per heavy atom. The van der Waals surface area contributed by atoms with E-state index in [1.54, 1.807) is 0 Å². The maximum atomic E-state index is 11.5. The summed E-state index contributed by atoms with van der Waals surface area (Å²) in [5.74, 6) is -0.136. The summed E-state index contributed by atoms with van der Waals surface area (Å²) >= 11 is 0. The maximum absolute atomic E-state index is 11.5. The molecule has 0 aliphatic heterocycles. The third-order valence-corrected chi connectivity index (χ3v) is 1.89. The minimum atomic E-state index is -0.136. The lowest BCUT2D eigenvalue weighted by Gasteiger charge is -2.00. The highest BCUT2D eigenvalue weighted by Crippen LogP contribution is 2.04. The molecule has 1 amide bonds. The summed E-state index contributed by atoms with van der Waals surface area (Å²) in [7, 11) is 0. The summed E-state index contributed by atoms with van der Waals surface area (Å²) in [6.07, 6.45) is 3.22. The fourth-order valence-corrected chi connectivity index (χ4v) is 1.23. The Hall–Kier alpha value is -2.10. The number of rotatable bonds is 3. The van der Waals surface area contributed by atoms with Crippen molar-refractivity contribution in [3.05, 3.63) is 48.4 Å². The van der Waals surface area contributed by atoms with Crippen LogP contribution in [0.25, 0.3) is 0 Å². The summed E-state index contributed by atoms with van der Waals surface area (Å²) in [4.78, 5) is 15.3. The average Bonchev–Trinajstić information content (AvgIpc) is 2.71. The van der Waals surface area contributed by atoms with Crippen LogP contribution in [0.4, 0.5) is 6.01 Å². The number of carbonyl (C=O) groups excluding carboxylic acids is 1. The van der Waals surface area contributed by atoms with Crippen molar-refractivity contribution in [1.29, 1.82) is 0 Å². The Kier molecular flexibility index (Phi) is 2.78. The van der Waals surface area contributed by atoms with Crippen LogP contribution in [0.15, 0.2) is 47.2 Å². The van der Waals surface area contributed by atoms with Gasteiger partial charge in [-0.25, -0.2) is 4.98 Å². The van der Waals surface area contributed by atoms with E-state index in [1.807, 2.05) is 30.3 Å². The second kappa shape index (κ2) is 4.41. The van der Waals surface area contributed by atoms with E-state index in [9.17, 15) is 4.79 Å². The predicted octanol–water partition coefficient (Wildman–Crippen LogP) is 1.86. The number of hydrogen-bond donors (Lipinski definition) is 1. The Balaban J connectivity index is 1.94. The molecule has 1 aromatic heterocycles. The molecule has 0 spiro atoms. The van der Waals surface area contributed by atoms with Crippen LogP contribution in [-0.2, 0) is 11.2 Å². The molecule has 0 saturated carbocycles. The van der Waals surface area contributed by atoms with Crippen molar-refractivity contribution in [3.63, 3.8) is 0 Å². The highest BCUT2D eigenvalue weighted by atomic mass is 16.4. The van der Waals surface area contributed by atoms with Gasteiger partial charge in [0, 0.05) is 0 Å². The van der Waals surface area contributed by atoms with Gasteiger partial charge in [0.15, 0.2) is 0 Å². The standard InChI is InChI=1S/C11H10N2O2/c14-10(13-11-12-6-7-15-11)8-9-4-2-1-3-5-9/h1-7H,8H2,(H,12,13,14). The number of carbonyl (C=O) groups is 1. The molecule has 15 heavy (non-hydrogen) atoms. The summed E-state index contributed by atoms with van der Waals surface area (Å²) in [6.45, 7) is 0. The van der Waals surface area contributed by atoms with Crippen LogP contribution in [0.5, 0.6) is 0 Å². The predicted molar refractivity (Wildman–Crippen MR) is 55.3 cm³/mol. The van der Waals surface area contributed by atoms with Crippen LogP contribution < -0.4 is 5.32 Å². The van der Waals surface area contributed by atoms with Gasteiger partial charge in [-0.05, 0) is 5.56 Å². The normalized spacial score (nSPS) is 9.87. The number of nitrogens with zero attached hydrogens (tertiary/aromatic N) is 1. The fraction of sp³-hybridized carbons (Fsp3) is 0.0909. The minimum Gasteiger partial charge on any atom is -0.432 e. The molecule has 1 aromatic carbocycles. The number of hydrogen-bond acceptors (Lipinski definition) is 3. The molecule has 4 heteroatoms. The van der Waals surface area contributed by atoms with Gasteiger partial charge in [-0.3, -0.25) is 10.1 Å². The molecule has 4 nitrogen and oxygen atoms in total. The van der Waals surface area contributed by atoms with Crippen molar-refractivity contribution in [2.75, 3.05) is 5.32 Å². The van der Waals surface area contributed by atoms with Crippen LogP contribution >= 0.6 is 0 Å². The van der Waals surface area contributed by atoms with Gasteiger partial charge in [0.1, 0.15) is 6.26 Å². The highest BCUT2D eigenvalue weighted by Gasteiger charge is 2.05. The Morgan fingerprint density at radius 2 is 2.13 bits per heavy atom. The zero-order valence-corrected chi connectivity index (χ0v) is 8.01. The quantitative estimate of drug-likeness (QED) is 0.826. The van der Waals surface area contributed by atoms with Crippen molar-refractivity contribution in [2.45, 2.75) is 6.42 Å². The molecule has 1 N–H and O–H groups in total. The Labute approximate surface area is 86.9 Å². The number of benzene rings is 1. The largest absolute Gasteiger partial charge is 0.432 e. The smallest absolute Gasteiger partial charge is 0.301 e. The third-order valence-electron chi connectivity index (χ3n) is 1.89. The number of anilines is 1. The van der Waals surface area contributed by atoms with E-state index in [4.69, 9.17) is 4.42 Å². The Morgan fingerprint density at radius 1 is 1.33 bits per heavy atom. The topological polar surface area (TPSA) is 55.1 Å². The molecule has 0 unspecified atom stereocenters. The molecule has 0 radical (unpaired) electrons. The molecule has 2 aromatic rings. The Bertz CT molecular complexity index is 423. The van der Waals surface area contributed by atoms with Gasteiger partial charge in [0.05, 0.1) is 12.6 Å². The van der Waals surface area contributed by atoms with Crippen LogP contribution in [-0.4, -0.2) is 10.9 Å².